The quantitative estimate of drug-likeness (QED) is 0.789. The molecule has 8 nitrogen and oxygen atoms in total. The third-order valence-corrected chi connectivity index (χ3v) is 4.24. The molecule has 138 valence electrons. The Kier molecular flexibility index (Phi) is 5.83. The lowest BCUT2D eigenvalue weighted by molar-refractivity contribution is -0.121. The van der Waals surface area contributed by atoms with Gasteiger partial charge in [0.1, 0.15) is 5.82 Å². The zero-order chi connectivity index (χ0) is 18.4. The van der Waals surface area contributed by atoms with Crippen molar-refractivity contribution < 1.29 is 9.59 Å². The van der Waals surface area contributed by atoms with E-state index in [0.29, 0.717) is 25.2 Å². The average molecular weight is 356 g/mol. The highest BCUT2D eigenvalue weighted by Gasteiger charge is 2.20. The second-order valence-electron chi connectivity index (χ2n) is 6.38. The highest BCUT2D eigenvalue weighted by Crippen LogP contribution is 2.10. The van der Waals surface area contributed by atoms with Gasteiger partial charge in [0.2, 0.25) is 5.91 Å². The van der Waals surface area contributed by atoms with Gasteiger partial charge in [-0.2, -0.15) is 5.10 Å². The van der Waals surface area contributed by atoms with Crippen molar-refractivity contribution in [2.45, 2.75) is 19.3 Å². The van der Waals surface area contributed by atoms with Crippen molar-refractivity contribution in [1.82, 2.24) is 25.0 Å². The van der Waals surface area contributed by atoms with Crippen LogP contribution in [0.4, 0.5) is 5.82 Å². The van der Waals surface area contributed by atoms with Crippen LogP contribution in [0.2, 0.25) is 0 Å². The minimum atomic E-state index is -0.168. The van der Waals surface area contributed by atoms with Crippen molar-refractivity contribution in [3.05, 3.63) is 41.9 Å². The Morgan fingerprint density at radius 2 is 2.04 bits per heavy atom. The molecule has 2 amide bonds. The van der Waals surface area contributed by atoms with Crippen molar-refractivity contribution in [1.29, 1.82) is 0 Å². The predicted molar refractivity (Wildman–Crippen MR) is 97.8 cm³/mol. The fraction of sp³-hybridized carbons (Fsp3) is 0.444. The van der Waals surface area contributed by atoms with E-state index < -0.39 is 0 Å². The van der Waals surface area contributed by atoms with E-state index in [4.69, 9.17) is 0 Å². The molecule has 0 spiro atoms. The Morgan fingerprint density at radius 3 is 2.85 bits per heavy atom. The van der Waals surface area contributed by atoms with Gasteiger partial charge in [0.15, 0.2) is 0 Å². The van der Waals surface area contributed by atoms with Crippen molar-refractivity contribution in [3.63, 3.8) is 0 Å². The molecule has 8 heteroatoms. The van der Waals surface area contributed by atoms with E-state index in [1.54, 1.807) is 22.8 Å². The SMILES string of the molecule is Cn1cc(C(=O)N2CCCCc3cccc(n3)NCCNC(=O)C2)cn1. The van der Waals surface area contributed by atoms with Gasteiger partial charge < -0.3 is 15.5 Å². The van der Waals surface area contributed by atoms with E-state index in [1.807, 2.05) is 18.2 Å². The molecular formula is C18H24N6O2. The van der Waals surface area contributed by atoms with E-state index >= 15 is 0 Å². The number of rotatable bonds is 1. The van der Waals surface area contributed by atoms with Gasteiger partial charge in [-0.1, -0.05) is 6.07 Å². The Morgan fingerprint density at radius 1 is 1.19 bits per heavy atom. The van der Waals surface area contributed by atoms with Crippen LogP contribution in [0.5, 0.6) is 0 Å². The minimum absolute atomic E-state index is 0.0529. The molecule has 3 rings (SSSR count). The largest absolute Gasteiger partial charge is 0.368 e. The summed E-state index contributed by atoms with van der Waals surface area (Å²) in [7, 11) is 1.76. The molecule has 26 heavy (non-hydrogen) atoms. The second-order valence-corrected chi connectivity index (χ2v) is 6.38. The lowest BCUT2D eigenvalue weighted by Crippen LogP contribution is -2.42. The normalized spacial score (nSPS) is 16.3. The van der Waals surface area contributed by atoms with Gasteiger partial charge in [0, 0.05) is 38.6 Å². The van der Waals surface area contributed by atoms with E-state index in [-0.39, 0.29) is 18.4 Å². The summed E-state index contributed by atoms with van der Waals surface area (Å²) in [5, 5.41) is 10.1. The van der Waals surface area contributed by atoms with Crippen LogP contribution in [-0.4, -0.2) is 57.7 Å². The smallest absolute Gasteiger partial charge is 0.257 e. The van der Waals surface area contributed by atoms with Gasteiger partial charge in [0.25, 0.3) is 5.91 Å². The van der Waals surface area contributed by atoms with Crippen LogP contribution in [0.3, 0.4) is 0 Å². The zero-order valence-electron chi connectivity index (χ0n) is 14.9. The van der Waals surface area contributed by atoms with Gasteiger partial charge in [-0.15, -0.1) is 0 Å². The summed E-state index contributed by atoms with van der Waals surface area (Å²) in [5.41, 5.74) is 1.53. The van der Waals surface area contributed by atoms with E-state index in [2.05, 4.69) is 20.7 Å². The molecule has 3 heterocycles. The Bertz CT molecular complexity index is 773. The molecule has 0 atom stereocenters. The average Bonchev–Trinajstić information content (AvgIpc) is 3.07. The molecule has 2 aromatic rings. The van der Waals surface area contributed by atoms with Crippen LogP contribution < -0.4 is 10.6 Å². The molecule has 0 saturated heterocycles. The number of nitrogens with one attached hydrogen (secondary N) is 2. The lowest BCUT2D eigenvalue weighted by Gasteiger charge is -2.22. The molecule has 0 radical (unpaired) electrons. The summed E-state index contributed by atoms with van der Waals surface area (Å²) in [6, 6.07) is 5.91. The Balaban J connectivity index is 1.70. The first-order chi connectivity index (χ1) is 12.6. The molecule has 0 aromatic carbocycles. The molecular weight excluding hydrogens is 332 g/mol. The Hall–Kier alpha value is -2.90. The summed E-state index contributed by atoms with van der Waals surface area (Å²) in [6.07, 6.45) is 5.75. The summed E-state index contributed by atoms with van der Waals surface area (Å²) >= 11 is 0. The van der Waals surface area contributed by atoms with Gasteiger partial charge in [-0.25, -0.2) is 4.98 Å². The van der Waals surface area contributed by atoms with Gasteiger partial charge >= 0.3 is 0 Å². The third-order valence-electron chi connectivity index (χ3n) is 4.24. The molecule has 0 fully saturated rings. The van der Waals surface area contributed by atoms with Gasteiger partial charge in [0.05, 0.1) is 18.3 Å². The van der Waals surface area contributed by atoms with Crippen LogP contribution in [0.25, 0.3) is 0 Å². The molecule has 2 bridgehead atoms. The molecule has 2 N–H and O–H groups in total. The first kappa shape index (κ1) is 17.9. The number of carbonyl (C=O) groups is 2. The number of hydrogen-bond donors (Lipinski definition) is 2. The summed E-state index contributed by atoms with van der Waals surface area (Å²) in [6.45, 7) is 1.63. The maximum absolute atomic E-state index is 12.7. The van der Waals surface area contributed by atoms with Crippen molar-refractivity contribution >= 4 is 17.6 Å². The van der Waals surface area contributed by atoms with Gasteiger partial charge in [-0.05, 0) is 31.4 Å². The second kappa shape index (κ2) is 8.46. The van der Waals surface area contributed by atoms with Crippen LogP contribution in [0, 0.1) is 0 Å². The number of aryl methyl sites for hydroxylation is 2. The van der Waals surface area contributed by atoms with Crippen LogP contribution in [0.15, 0.2) is 30.6 Å². The molecule has 0 unspecified atom stereocenters. The van der Waals surface area contributed by atoms with Gasteiger partial charge in [-0.3, -0.25) is 14.3 Å². The first-order valence-electron chi connectivity index (χ1n) is 8.86. The minimum Gasteiger partial charge on any atom is -0.368 e. The lowest BCUT2D eigenvalue weighted by atomic mass is 10.1. The van der Waals surface area contributed by atoms with E-state index in [0.717, 1.165) is 30.8 Å². The summed E-state index contributed by atoms with van der Waals surface area (Å²) < 4.78 is 1.59. The van der Waals surface area contributed by atoms with E-state index in [1.165, 1.54) is 6.20 Å². The number of nitrogens with zero attached hydrogens (tertiary/aromatic N) is 4. The van der Waals surface area contributed by atoms with Crippen LogP contribution >= 0.6 is 0 Å². The van der Waals surface area contributed by atoms with Crippen molar-refractivity contribution in [2.75, 3.05) is 31.5 Å². The number of aromatic nitrogens is 3. The number of anilines is 1. The fourth-order valence-corrected chi connectivity index (χ4v) is 2.91. The predicted octanol–water partition coefficient (Wildman–Crippen LogP) is 0.822. The van der Waals surface area contributed by atoms with Crippen LogP contribution in [-0.2, 0) is 18.3 Å². The molecule has 0 saturated carbocycles. The number of carbonyl (C=O) groups excluding carboxylic acids is 2. The maximum atomic E-state index is 12.7. The third kappa shape index (κ3) is 4.81. The molecule has 1 aliphatic rings. The zero-order valence-corrected chi connectivity index (χ0v) is 14.9. The Labute approximate surface area is 152 Å². The number of fused-ring (bicyclic) bond motifs is 2. The van der Waals surface area contributed by atoms with E-state index in [9.17, 15) is 9.59 Å². The highest BCUT2D eigenvalue weighted by molar-refractivity contribution is 5.96. The summed E-state index contributed by atoms with van der Waals surface area (Å²) in [5.74, 6) is 0.489. The molecule has 0 aliphatic carbocycles. The number of pyridine rings is 1. The summed E-state index contributed by atoms with van der Waals surface area (Å²) in [4.78, 5) is 31.1. The molecule has 2 aromatic heterocycles. The van der Waals surface area contributed by atoms with Crippen LogP contribution in [0.1, 0.15) is 28.9 Å². The fourth-order valence-electron chi connectivity index (χ4n) is 2.91. The van der Waals surface area contributed by atoms with Crippen molar-refractivity contribution in [2.24, 2.45) is 7.05 Å². The standard InChI is InChI=1S/C18H24N6O2/c1-23-12-14(11-21-23)18(26)24-10-3-2-5-15-6-4-7-16(22-15)19-8-9-20-17(25)13-24/h4,6-7,11-12H,2-3,5,8-10,13H2,1H3,(H,19,22)(H,20,25). The van der Waals surface area contributed by atoms with Crippen molar-refractivity contribution in [3.8, 4) is 0 Å². The number of amides is 2. The first-order valence-corrected chi connectivity index (χ1v) is 8.86. The monoisotopic (exact) mass is 356 g/mol. The maximum Gasteiger partial charge on any atom is 0.257 e. The highest BCUT2D eigenvalue weighted by atomic mass is 16.2. The topological polar surface area (TPSA) is 92.2 Å². The number of hydrogen-bond acceptors (Lipinski definition) is 5. The molecule has 1 aliphatic heterocycles.